The minimum Gasteiger partial charge on any atom is -0.497 e. The monoisotopic (exact) mass is 626 g/mol. The normalized spacial score (nSPS) is 14.3. The number of carbonyl (C=O) groups is 4. The minimum atomic E-state index is -0.570. The van der Waals surface area contributed by atoms with Crippen molar-refractivity contribution in [2.24, 2.45) is 0 Å². The van der Waals surface area contributed by atoms with Crippen LogP contribution in [0.1, 0.15) is 12.5 Å². The average Bonchev–Trinajstić information content (AvgIpc) is 3.06. The van der Waals surface area contributed by atoms with Crippen molar-refractivity contribution in [3.8, 4) is 11.5 Å². The van der Waals surface area contributed by atoms with Gasteiger partial charge < -0.3 is 19.5 Å². The number of esters is 1. The number of hydrogen-bond donors (Lipinski definition) is 1. The van der Waals surface area contributed by atoms with Gasteiger partial charge in [-0.2, -0.15) is 0 Å². The van der Waals surface area contributed by atoms with Crippen molar-refractivity contribution in [1.29, 1.82) is 0 Å². The fourth-order valence-electron chi connectivity index (χ4n) is 2.94. The number of hydrogen-bond acceptors (Lipinski definition) is 8. The molecule has 0 unspecified atom stereocenters. The average molecular weight is 628 g/mol. The summed E-state index contributed by atoms with van der Waals surface area (Å²) in [4.78, 5) is 50.2. The number of nitrogens with zero attached hydrogens (tertiary/aromatic N) is 1. The second kappa shape index (κ2) is 12.2. The molecule has 0 radical (unpaired) electrons. The smallest absolute Gasteiger partial charge is 0.344 e. The molecule has 3 amide bonds. The van der Waals surface area contributed by atoms with E-state index < -0.39 is 29.6 Å². The fraction of sp³-hybridized carbons (Fsp3) is 0.217. The topological polar surface area (TPSA) is 111 Å². The van der Waals surface area contributed by atoms with E-state index in [4.69, 9.17) is 14.2 Å². The number of rotatable bonds is 9. The Morgan fingerprint density at radius 2 is 1.77 bits per heavy atom. The largest absolute Gasteiger partial charge is 0.497 e. The first-order valence-corrected chi connectivity index (χ1v) is 12.6. The van der Waals surface area contributed by atoms with Crippen LogP contribution in [-0.4, -0.2) is 54.8 Å². The van der Waals surface area contributed by atoms with Crippen molar-refractivity contribution >= 4 is 78.4 Å². The van der Waals surface area contributed by atoms with Gasteiger partial charge >= 0.3 is 5.97 Å². The van der Waals surface area contributed by atoms with Gasteiger partial charge in [0.05, 0.1) is 27.6 Å². The van der Waals surface area contributed by atoms with Crippen molar-refractivity contribution in [2.45, 2.75) is 6.92 Å². The molecule has 184 valence electrons. The Morgan fingerprint density at radius 3 is 2.37 bits per heavy atom. The number of amides is 3. The number of halogens is 2. The van der Waals surface area contributed by atoms with E-state index in [0.29, 0.717) is 31.7 Å². The molecule has 12 heteroatoms. The van der Waals surface area contributed by atoms with Gasteiger partial charge in [0.2, 0.25) is 5.91 Å². The number of carbonyl (C=O) groups excluding carboxylic acids is 4. The molecule has 0 atom stereocenters. The first kappa shape index (κ1) is 26.8. The van der Waals surface area contributed by atoms with Gasteiger partial charge in [-0.1, -0.05) is 0 Å². The van der Waals surface area contributed by atoms with E-state index in [1.807, 2.05) is 0 Å². The Labute approximate surface area is 222 Å². The van der Waals surface area contributed by atoms with Crippen LogP contribution in [0.25, 0.3) is 6.08 Å². The predicted molar refractivity (Wildman–Crippen MR) is 138 cm³/mol. The van der Waals surface area contributed by atoms with Gasteiger partial charge in [-0.05, 0) is 98.6 Å². The van der Waals surface area contributed by atoms with E-state index in [-0.39, 0.29) is 18.1 Å². The highest BCUT2D eigenvalue weighted by atomic mass is 79.9. The molecule has 0 aromatic heterocycles. The zero-order valence-electron chi connectivity index (χ0n) is 18.6. The van der Waals surface area contributed by atoms with Crippen molar-refractivity contribution in [3.05, 3.63) is 55.8 Å². The van der Waals surface area contributed by atoms with Crippen LogP contribution in [0, 0.1) is 0 Å². The van der Waals surface area contributed by atoms with Gasteiger partial charge in [-0.15, -0.1) is 0 Å². The second-order valence-electron chi connectivity index (χ2n) is 6.95. The Kier molecular flexibility index (Phi) is 9.35. The number of nitrogens with one attached hydrogen (secondary N) is 1. The molecule has 1 aliphatic heterocycles. The third kappa shape index (κ3) is 7.09. The van der Waals surface area contributed by atoms with E-state index in [0.717, 1.165) is 16.7 Å². The number of methoxy groups -OCH3 is 1. The van der Waals surface area contributed by atoms with Crippen molar-refractivity contribution in [3.63, 3.8) is 0 Å². The Bertz CT molecular complexity index is 1160. The van der Waals surface area contributed by atoms with Crippen LogP contribution in [0.3, 0.4) is 0 Å². The van der Waals surface area contributed by atoms with Gasteiger partial charge in [0, 0.05) is 5.69 Å². The molecular formula is C23H20Br2N2O7S. The van der Waals surface area contributed by atoms with Crippen LogP contribution >= 0.6 is 43.6 Å². The van der Waals surface area contributed by atoms with Gasteiger partial charge in [-0.25, -0.2) is 4.79 Å². The summed E-state index contributed by atoms with van der Waals surface area (Å²) in [5, 5.41) is 2.10. The maximum Gasteiger partial charge on any atom is 0.344 e. The third-order valence-electron chi connectivity index (χ3n) is 4.51. The molecule has 0 saturated carbocycles. The highest BCUT2D eigenvalue weighted by molar-refractivity contribution is 9.11. The molecule has 1 heterocycles. The number of imide groups is 1. The molecule has 3 rings (SSSR count). The molecule has 9 nitrogen and oxygen atoms in total. The standard InChI is InChI=1S/C23H20Br2N2O7S/c1-3-33-20(29)12-34-21-16(24)8-13(9-17(21)25)10-18-22(30)27(23(31)35-18)11-19(28)26-14-4-6-15(32-2)7-5-14/h4-10H,3,11-12H2,1-2H3,(H,26,28)/b18-10+. The van der Waals surface area contributed by atoms with E-state index in [1.54, 1.807) is 43.3 Å². The molecule has 35 heavy (non-hydrogen) atoms. The summed E-state index contributed by atoms with van der Waals surface area (Å²) in [5.41, 5.74) is 1.11. The number of benzene rings is 2. The Morgan fingerprint density at radius 1 is 1.11 bits per heavy atom. The Balaban J connectivity index is 1.67. The molecule has 0 bridgehead atoms. The first-order valence-electron chi connectivity index (χ1n) is 10.2. The summed E-state index contributed by atoms with van der Waals surface area (Å²) in [7, 11) is 1.53. The summed E-state index contributed by atoms with van der Waals surface area (Å²) in [5.74, 6) is -0.554. The molecule has 1 fully saturated rings. The molecule has 2 aromatic carbocycles. The Hall–Kier alpha value is -2.83. The predicted octanol–water partition coefficient (Wildman–Crippen LogP) is 4.84. The zero-order valence-corrected chi connectivity index (χ0v) is 22.6. The fourth-order valence-corrected chi connectivity index (χ4v) is 5.23. The lowest BCUT2D eigenvalue weighted by Gasteiger charge is -2.13. The summed E-state index contributed by atoms with van der Waals surface area (Å²) in [6, 6.07) is 10.0. The molecule has 0 aliphatic carbocycles. The van der Waals surface area contributed by atoms with E-state index in [2.05, 4.69) is 37.2 Å². The van der Waals surface area contributed by atoms with Gasteiger partial charge in [0.15, 0.2) is 6.61 Å². The van der Waals surface area contributed by atoms with Gasteiger partial charge in [0.25, 0.3) is 11.1 Å². The highest BCUT2D eigenvalue weighted by Gasteiger charge is 2.36. The van der Waals surface area contributed by atoms with Crippen molar-refractivity contribution in [1.82, 2.24) is 4.90 Å². The molecule has 1 aliphatic rings. The van der Waals surface area contributed by atoms with Crippen molar-refractivity contribution in [2.75, 3.05) is 32.2 Å². The SMILES string of the molecule is CCOC(=O)COc1c(Br)cc(/C=C2/SC(=O)N(CC(=O)Nc3ccc(OC)cc3)C2=O)cc1Br. The van der Waals surface area contributed by atoms with Crippen LogP contribution in [0.5, 0.6) is 11.5 Å². The molecule has 1 N–H and O–H groups in total. The van der Waals surface area contributed by atoms with E-state index in [9.17, 15) is 19.2 Å². The van der Waals surface area contributed by atoms with Crippen LogP contribution in [0.2, 0.25) is 0 Å². The maximum atomic E-state index is 12.8. The highest BCUT2D eigenvalue weighted by Crippen LogP contribution is 2.37. The molecule has 2 aromatic rings. The first-order chi connectivity index (χ1) is 16.7. The minimum absolute atomic E-state index is 0.172. The van der Waals surface area contributed by atoms with Crippen LogP contribution in [0.15, 0.2) is 50.2 Å². The summed E-state index contributed by atoms with van der Waals surface area (Å²) < 4.78 is 16.5. The summed E-state index contributed by atoms with van der Waals surface area (Å²) >= 11 is 7.51. The van der Waals surface area contributed by atoms with Crippen molar-refractivity contribution < 1.29 is 33.4 Å². The summed E-state index contributed by atoms with van der Waals surface area (Å²) in [6.07, 6.45) is 1.54. The van der Waals surface area contributed by atoms with Crippen LogP contribution < -0.4 is 14.8 Å². The quantitative estimate of drug-likeness (QED) is 0.311. The zero-order chi connectivity index (χ0) is 25.5. The van der Waals surface area contributed by atoms with E-state index in [1.165, 1.54) is 13.2 Å². The number of thioether (sulfide) groups is 1. The van der Waals surface area contributed by atoms with Gasteiger partial charge in [-0.3, -0.25) is 19.3 Å². The number of anilines is 1. The third-order valence-corrected chi connectivity index (χ3v) is 6.59. The lowest BCUT2D eigenvalue weighted by Crippen LogP contribution is -2.36. The van der Waals surface area contributed by atoms with E-state index >= 15 is 0 Å². The lowest BCUT2D eigenvalue weighted by atomic mass is 10.2. The second-order valence-corrected chi connectivity index (χ2v) is 9.65. The molecule has 1 saturated heterocycles. The van der Waals surface area contributed by atoms with Gasteiger partial charge in [0.1, 0.15) is 18.0 Å². The van der Waals surface area contributed by atoms with Crippen LogP contribution in [0.4, 0.5) is 10.5 Å². The van der Waals surface area contributed by atoms with Crippen LogP contribution in [-0.2, 0) is 19.1 Å². The molecule has 0 spiro atoms. The number of ether oxygens (including phenoxy) is 3. The summed E-state index contributed by atoms with van der Waals surface area (Å²) in [6.45, 7) is 1.28. The molecular weight excluding hydrogens is 608 g/mol. The maximum absolute atomic E-state index is 12.8. The lowest BCUT2D eigenvalue weighted by molar-refractivity contribution is -0.145.